The Morgan fingerprint density at radius 3 is 2.82 bits per heavy atom. The third-order valence-corrected chi connectivity index (χ3v) is 2.84. The number of hydrogen-bond donors (Lipinski definition) is 1. The summed E-state index contributed by atoms with van der Waals surface area (Å²) in [6.07, 6.45) is 0.866. The van der Waals surface area contributed by atoms with Crippen LogP contribution in [-0.2, 0) is 11.2 Å². The molecule has 0 aliphatic carbocycles. The molecule has 1 heterocycles. The van der Waals surface area contributed by atoms with E-state index < -0.39 is 6.04 Å². The van der Waals surface area contributed by atoms with Gasteiger partial charge in [0, 0.05) is 12.2 Å². The Morgan fingerprint density at radius 2 is 2.24 bits per heavy atom. The predicted octanol–water partition coefficient (Wildman–Crippen LogP) is 1.35. The van der Waals surface area contributed by atoms with Gasteiger partial charge >= 0.3 is 0 Å². The van der Waals surface area contributed by atoms with E-state index in [9.17, 15) is 4.79 Å². The predicted molar refractivity (Wildman–Crippen MR) is 69.9 cm³/mol. The van der Waals surface area contributed by atoms with Crippen molar-refractivity contribution < 1.29 is 9.53 Å². The summed E-state index contributed by atoms with van der Waals surface area (Å²) in [7, 11) is 1.64. The van der Waals surface area contributed by atoms with Gasteiger partial charge in [-0.05, 0) is 37.1 Å². The van der Waals surface area contributed by atoms with Gasteiger partial charge in [-0.1, -0.05) is 0 Å². The van der Waals surface area contributed by atoms with Crippen LogP contribution in [0.3, 0.4) is 0 Å². The zero-order chi connectivity index (χ0) is 11.7. The van der Waals surface area contributed by atoms with Crippen LogP contribution in [-0.4, -0.2) is 25.6 Å². The number of fused-ring (bicyclic) bond motifs is 1. The molecule has 0 radical (unpaired) electrons. The summed E-state index contributed by atoms with van der Waals surface area (Å²) in [6.45, 7) is 2.42. The fraction of sp³-hybridized carbons (Fsp3) is 0.417. The highest BCUT2D eigenvalue weighted by Gasteiger charge is 2.26. The number of carbonyl (C=O) groups excluding carboxylic acids is 1. The molecule has 1 aliphatic rings. The SMILES string of the molecule is COc1ccc2c(c1)CCN2C(=O)[C@H](C)N.Cl. The first-order valence-electron chi connectivity index (χ1n) is 5.37. The van der Waals surface area contributed by atoms with Gasteiger partial charge in [0.2, 0.25) is 5.91 Å². The molecule has 0 spiro atoms. The number of nitrogens with zero attached hydrogens (tertiary/aromatic N) is 1. The highest BCUT2D eigenvalue weighted by molar-refractivity contribution is 5.98. The van der Waals surface area contributed by atoms with E-state index in [2.05, 4.69) is 0 Å². The summed E-state index contributed by atoms with van der Waals surface area (Å²) in [5, 5.41) is 0. The maximum Gasteiger partial charge on any atom is 0.243 e. The van der Waals surface area contributed by atoms with Crippen molar-refractivity contribution in [2.24, 2.45) is 5.73 Å². The van der Waals surface area contributed by atoms with Crippen LogP contribution in [0.15, 0.2) is 18.2 Å². The van der Waals surface area contributed by atoms with E-state index in [1.165, 1.54) is 0 Å². The molecule has 1 amide bonds. The smallest absolute Gasteiger partial charge is 0.243 e. The second-order valence-corrected chi connectivity index (χ2v) is 4.02. The minimum absolute atomic E-state index is 0. The second-order valence-electron chi connectivity index (χ2n) is 4.02. The first-order chi connectivity index (χ1) is 7.63. The van der Waals surface area contributed by atoms with Crippen LogP contribution in [0.2, 0.25) is 0 Å². The molecular weight excluding hydrogens is 240 g/mol. The molecular formula is C12H17ClN2O2. The third-order valence-electron chi connectivity index (χ3n) is 2.84. The molecule has 0 saturated heterocycles. The number of anilines is 1. The minimum atomic E-state index is -0.451. The van der Waals surface area contributed by atoms with Crippen LogP contribution in [0.5, 0.6) is 5.75 Å². The molecule has 0 unspecified atom stereocenters. The Labute approximate surface area is 107 Å². The maximum absolute atomic E-state index is 11.8. The molecule has 0 bridgehead atoms. The van der Waals surface area contributed by atoms with Crippen LogP contribution in [0.1, 0.15) is 12.5 Å². The van der Waals surface area contributed by atoms with E-state index in [4.69, 9.17) is 10.5 Å². The lowest BCUT2D eigenvalue weighted by Crippen LogP contribution is -2.41. The second kappa shape index (κ2) is 5.38. The lowest BCUT2D eigenvalue weighted by atomic mass is 10.1. The summed E-state index contributed by atoms with van der Waals surface area (Å²) in [5.41, 5.74) is 7.72. The Balaban J connectivity index is 0.00000144. The number of carbonyl (C=O) groups is 1. The van der Waals surface area contributed by atoms with Crippen molar-refractivity contribution in [3.8, 4) is 5.75 Å². The average Bonchev–Trinajstić information content (AvgIpc) is 2.70. The van der Waals surface area contributed by atoms with E-state index in [-0.39, 0.29) is 18.3 Å². The van der Waals surface area contributed by atoms with Crippen molar-refractivity contribution in [2.45, 2.75) is 19.4 Å². The summed E-state index contributed by atoms with van der Waals surface area (Å²) in [5.74, 6) is 0.803. The van der Waals surface area contributed by atoms with Gasteiger partial charge in [0.15, 0.2) is 0 Å². The number of benzene rings is 1. The molecule has 5 heteroatoms. The summed E-state index contributed by atoms with van der Waals surface area (Å²) < 4.78 is 5.15. The van der Waals surface area contributed by atoms with Crippen molar-refractivity contribution >= 4 is 24.0 Å². The van der Waals surface area contributed by atoms with E-state index in [1.54, 1.807) is 18.9 Å². The van der Waals surface area contributed by atoms with Crippen molar-refractivity contribution in [1.82, 2.24) is 0 Å². The molecule has 1 atom stereocenters. The van der Waals surface area contributed by atoms with Gasteiger partial charge in [-0.2, -0.15) is 0 Å². The molecule has 4 nitrogen and oxygen atoms in total. The van der Waals surface area contributed by atoms with Gasteiger partial charge in [-0.25, -0.2) is 0 Å². The van der Waals surface area contributed by atoms with E-state index in [0.717, 1.165) is 23.4 Å². The molecule has 0 aromatic heterocycles. The van der Waals surface area contributed by atoms with Crippen molar-refractivity contribution in [3.05, 3.63) is 23.8 Å². The first-order valence-corrected chi connectivity index (χ1v) is 5.37. The van der Waals surface area contributed by atoms with E-state index in [0.29, 0.717) is 6.54 Å². The summed E-state index contributed by atoms with van der Waals surface area (Å²) in [6, 6.07) is 5.31. The third kappa shape index (κ3) is 2.53. The van der Waals surface area contributed by atoms with Crippen LogP contribution in [0, 0.1) is 0 Å². The van der Waals surface area contributed by atoms with Gasteiger partial charge in [-0.3, -0.25) is 4.79 Å². The normalized spacial score (nSPS) is 14.9. The fourth-order valence-electron chi connectivity index (χ4n) is 1.98. The average molecular weight is 257 g/mol. The minimum Gasteiger partial charge on any atom is -0.497 e. The zero-order valence-electron chi connectivity index (χ0n) is 9.97. The monoisotopic (exact) mass is 256 g/mol. The van der Waals surface area contributed by atoms with Crippen molar-refractivity contribution in [2.75, 3.05) is 18.6 Å². The lowest BCUT2D eigenvalue weighted by Gasteiger charge is -2.19. The van der Waals surface area contributed by atoms with Gasteiger partial charge in [-0.15, -0.1) is 12.4 Å². The van der Waals surface area contributed by atoms with E-state index >= 15 is 0 Å². The zero-order valence-corrected chi connectivity index (χ0v) is 10.8. The molecule has 1 aromatic rings. The molecule has 17 heavy (non-hydrogen) atoms. The Hall–Kier alpha value is -1.26. The lowest BCUT2D eigenvalue weighted by molar-refractivity contribution is -0.119. The fourth-order valence-corrected chi connectivity index (χ4v) is 1.98. The number of rotatable bonds is 2. The van der Waals surface area contributed by atoms with Gasteiger partial charge in [0.25, 0.3) is 0 Å². The number of ether oxygens (including phenoxy) is 1. The Bertz CT molecular complexity index is 421. The topological polar surface area (TPSA) is 55.6 Å². The summed E-state index contributed by atoms with van der Waals surface area (Å²) in [4.78, 5) is 13.6. The van der Waals surface area contributed by atoms with Gasteiger partial charge in [0.1, 0.15) is 5.75 Å². The standard InChI is InChI=1S/C12H16N2O2.ClH/c1-8(13)12(15)14-6-5-9-7-10(16-2)3-4-11(9)14;/h3-4,7-8H,5-6,13H2,1-2H3;1H/t8-;/m0./s1. The van der Waals surface area contributed by atoms with Crippen LogP contribution < -0.4 is 15.4 Å². The highest BCUT2D eigenvalue weighted by atomic mass is 35.5. The largest absolute Gasteiger partial charge is 0.497 e. The van der Waals surface area contributed by atoms with Crippen LogP contribution in [0.25, 0.3) is 0 Å². The molecule has 2 rings (SSSR count). The number of halogens is 1. The number of methoxy groups -OCH3 is 1. The van der Waals surface area contributed by atoms with E-state index in [1.807, 2.05) is 18.2 Å². The number of nitrogens with two attached hydrogens (primary N) is 1. The molecule has 0 saturated carbocycles. The quantitative estimate of drug-likeness (QED) is 0.869. The number of hydrogen-bond acceptors (Lipinski definition) is 3. The molecule has 1 aliphatic heterocycles. The molecule has 94 valence electrons. The van der Waals surface area contributed by atoms with Crippen LogP contribution >= 0.6 is 12.4 Å². The van der Waals surface area contributed by atoms with Crippen molar-refractivity contribution in [1.29, 1.82) is 0 Å². The van der Waals surface area contributed by atoms with Crippen molar-refractivity contribution in [3.63, 3.8) is 0 Å². The van der Waals surface area contributed by atoms with Crippen LogP contribution in [0.4, 0.5) is 5.69 Å². The maximum atomic E-state index is 11.8. The van der Waals surface area contributed by atoms with Gasteiger partial charge in [0.05, 0.1) is 13.2 Å². The highest BCUT2D eigenvalue weighted by Crippen LogP contribution is 2.31. The number of amides is 1. The molecule has 1 aromatic carbocycles. The van der Waals surface area contributed by atoms with Gasteiger partial charge < -0.3 is 15.4 Å². The Morgan fingerprint density at radius 1 is 1.53 bits per heavy atom. The summed E-state index contributed by atoms with van der Waals surface area (Å²) >= 11 is 0. The molecule has 2 N–H and O–H groups in total. The Kier molecular flexibility index (Phi) is 4.37. The molecule has 0 fully saturated rings. The first kappa shape index (κ1) is 13.8.